The fourth-order valence-electron chi connectivity index (χ4n) is 4.25. The largest absolute Gasteiger partial charge is 0.433 e. The van der Waals surface area contributed by atoms with Gasteiger partial charge in [0.15, 0.2) is 0 Å². The lowest BCUT2D eigenvalue weighted by molar-refractivity contribution is -0.164. The van der Waals surface area contributed by atoms with E-state index in [0.717, 1.165) is 0 Å². The average molecular weight is 509 g/mol. The highest BCUT2D eigenvalue weighted by molar-refractivity contribution is 6.33. The molecule has 35 heavy (non-hydrogen) atoms. The monoisotopic (exact) mass is 508 g/mol. The molecule has 2 aliphatic rings. The zero-order chi connectivity index (χ0) is 25.9. The number of cyclic esters (lactones) is 1. The molecule has 4 atom stereocenters. The number of nitrogens with zero attached hydrogens (tertiary/aromatic N) is 1. The van der Waals surface area contributed by atoms with Gasteiger partial charge in [-0.1, -0.05) is 32.4 Å². The predicted molar refractivity (Wildman–Crippen MR) is 129 cm³/mol. The first kappa shape index (κ1) is 26.7. The Morgan fingerprint density at radius 1 is 1.31 bits per heavy atom. The molecule has 192 valence electrons. The molecule has 2 aliphatic heterocycles. The SMILES string of the molecule is CCO[C@H]1OC(=O)C[C@@H]1NC(=O)C1CCCN1C(=O)C(NC(=O)c1ccc(N)c(Cl)c1)C(C)(C)C. The average Bonchev–Trinajstić information content (AvgIpc) is 3.39. The van der Waals surface area contributed by atoms with Crippen LogP contribution in [0.2, 0.25) is 5.02 Å². The second-order valence-electron chi connectivity index (χ2n) is 9.83. The number of benzene rings is 1. The zero-order valence-electron chi connectivity index (χ0n) is 20.4. The maximum absolute atomic E-state index is 13.6. The number of esters is 1. The van der Waals surface area contributed by atoms with Gasteiger partial charge in [-0.2, -0.15) is 0 Å². The molecule has 1 aromatic rings. The van der Waals surface area contributed by atoms with Crippen molar-refractivity contribution in [3.05, 3.63) is 28.8 Å². The van der Waals surface area contributed by atoms with Gasteiger partial charge in [0.1, 0.15) is 18.1 Å². The fraction of sp³-hybridized carbons (Fsp3) is 0.583. The van der Waals surface area contributed by atoms with E-state index >= 15 is 0 Å². The topological polar surface area (TPSA) is 140 Å². The van der Waals surface area contributed by atoms with E-state index in [4.69, 9.17) is 26.8 Å². The summed E-state index contributed by atoms with van der Waals surface area (Å²) < 4.78 is 10.5. The predicted octanol–water partition coefficient (Wildman–Crippen LogP) is 1.85. The highest BCUT2D eigenvalue weighted by atomic mass is 35.5. The van der Waals surface area contributed by atoms with E-state index in [9.17, 15) is 19.2 Å². The molecule has 0 spiro atoms. The van der Waals surface area contributed by atoms with Crippen LogP contribution in [-0.2, 0) is 23.9 Å². The van der Waals surface area contributed by atoms with Crippen molar-refractivity contribution in [1.29, 1.82) is 0 Å². The zero-order valence-corrected chi connectivity index (χ0v) is 21.2. The number of carbonyl (C=O) groups is 4. The fourth-order valence-corrected chi connectivity index (χ4v) is 4.43. The normalized spacial score (nSPS) is 23.1. The maximum Gasteiger partial charge on any atom is 0.310 e. The lowest BCUT2D eigenvalue weighted by Crippen LogP contribution is -2.58. The third-order valence-corrected chi connectivity index (χ3v) is 6.44. The number of nitrogens with one attached hydrogen (secondary N) is 2. The van der Waals surface area contributed by atoms with E-state index in [0.29, 0.717) is 31.7 Å². The molecule has 0 bridgehead atoms. The standard InChI is InChI=1S/C24H33ClN4O6/c1-5-34-23-16(12-18(30)35-23)27-21(32)17-7-6-10-29(17)22(33)19(24(2,3)4)28-20(31)13-8-9-15(26)14(25)11-13/h8-9,11,16-17,19,23H,5-7,10,12,26H2,1-4H3,(H,27,32)(H,28,31)/t16-,17?,19?,23-/m0/s1. The lowest BCUT2D eigenvalue weighted by atomic mass is 9.85. The van der Waals surface area contributed by atoms with Crippen molar-refractivity contribution in [2.45, 2.75) is 71.4 Å². The molecule has 2 fully saturated rings. The molecule has 2 heterocycles. The maximum atomic E-state index is 13.6. The van der Waals surface area contributed by atoms with Crippen LogP contribution in [-0.4, -0.2) is 66.2 Å². The number of likely N-dealkylation sites (tertiary alicyclic amines) is 1. The molecule has 10 nitrogen and oxygen atoms in total. The lowest BCUT2D eigenvalue weighted by Gasteiger charge is -2.35. The number of ether oxygens (including phenoxy) is 2. The first-order valence-electron chi connectivity index (χ1n) is 11.7. The van der Waals surface area contributed by atoms with Crippen LogP contribution in [0, 0.1) is 5.41 Å². The quantitative estimate of drug-likeness (QED) is 0.377. The molecule has 11 heteroatoms. The first-order valence-corrected chi connectivity index (χ1v) is 12.1. The Labute approximate surface area is 209 Å². The summed E-state index contributed by atoms with van der Waals surface area (Å²) in [5.41, 5.74) is 5.71. The molecule has 3 amide bonds. The molecular formula is C24H33ClN4O6. The van der Waals surface area contributed by atoms with E-state index in [1.165, 1.54) is 23.1 Å². The Morgan fingerprint density at radius 3 is 2.66 bits per heavy atom. The Morgan fingerprint density at radius 2 is 2.03 bits per heavy atom. The minimum Gasteiger partial charge on any atom is -0.433 e. The highest BCUT2D eigenvalue weighted by Gasteiger charge is 2.44. The summed E-state index contributed by atoms with van der Waals surface area (Å²) in [5.74, 6) is -1.66. The Balaban J connectivity index is 1.74. The highest BCUT2D eigenvalue weighted by Crippen LogP contribution is 2.27. The molecular weight excluding hydrogens is 476 g/mol. The number of nitrogen functional groups attached to an aromatic ring is 1. The van der Waals surface area contributed by atoms with Gasteiger partial charge in [-0.25, -0.2) is 0 Å². The molecule has 4 N–H and O–H groups in total. The second-order valence-corrected chi connectivity index (χ2v) is 10.2. The van der Waals surface area contributed by atoms with Crippen molar-refractivity contribution in [3.8, 4) is 0 Å². The van der Waals surface area contributed by atoms with Gasteiger partial charge < -0.3 is 30.7 Å². The summed E-state index contributed by atoms with van der Waals surface area (Å²) in [6, 6.07) is 2.26. The van der Waals surface area contributed by atoms with Crippen molar-refractivity contribution < 1.29 is 28.7 Å². The molecule has 0 saturated carbocycles. The van der Waals surface area contributed by atoms with Gasteiger partial charge in [0.25, 0.3) is 5.91 Å². The number of anilines is 1. The summed E-state index contributed by atoms with van der Waals surface area (Å²) in [7, 11) is 0. The van der Waals surface area contributed by atoms with Crippen LogP contribution >= 0.6 is 11.6 Å². The van der Waals surface area contributed by atoms with Crippen molar-refractivity contribution in [3.63, 3.8) is 0 Å². The number of halogens is 1. The van der Waals surface area contributed by atoms with Crippen LogP contribution in [0.1, 0.15) is 57.3 Å². The molecule has 1 aromatic carbocycles. The first-order chi connectivity index (χ1) is 16.4. The van der Waals surface area contributed by atoms with E-state index in [1.807, 2.05) is 20.8 Å². The summed E-state index contributed by atoms with van der Waals surface area (Å²) in [6.45, 7) is 7.98. The minimum atomic E-state index is -0.896. The number of nitrogens with two attached hydrogens (primary N) is 1. The van der Waals surface area contributed by atoms with Crippen LogP contribution in [0.4, 0.5) is 5.69 Å². The van der Waals surface area contributed by atoms with Crippen molar-refractivity contribution in [2.75, 3.05) is 18.9 Å². The van der Waals surface area contributed by atoms with E-state index < -0.39 is 41.7 Å². The van der Waals surface area contributed by atoms with Gasteiger partial charge in [0.05, 0.1) is 17.1 Å². The van der Waals surface area contributed by atoms with E-state index in [2.05, 4.69) is 10.6 Å². The van der Waals surface area contributed by atoms with Gasteiger partial charge in [-0.3, -0.25) is 19.2 Å². The molecule has 2 saturated heterocycles. The van der Waals surface area contributed by atoms with E-state index in [1.54, 1.807) is 6.92 Å². The third kappa shape index (κ3) is 6.24. The van der Waals surface area contributed by atoms with Crippen LogP contribution in [0.3, 0.4) is 0 Å². The second kappa shape index (κ2) is 10.8. The number of amides is 3. The summed E-state index contributed by atoms with van der Waals surface area (Å²) in [4.78, 5) is 52.9. The molecule has 3 rings (SSSR count). The number of hydrogen-bond acceptors (Lipinski definition) is 7. The Kier molecular flexibility index (Phi) is 8.27. The molecule has 2 unspecified atom stereocenters. The number of rotatable bonds is 7. The van der Waals surface area contributed by atoms with Gasteiger partial charge in [0.2, 0.25) is 18.1 Å². The summed E-state index contributed by atoms with van der Waals surface area (Å²) >= 11 is 6.05. The van der Waals surface area contributed by atoms with Gasteiger partial charge in [-0.15, -0.1) is 0 Å². The summed E-state index contributed by atoms with van der Waals surface area (Å²) in [5, 5.41) is 5.86. The van der Waals surface area contributed by atoms with Gasteiger partial charge in [0, 0.05) is 18.7 Å². The van der Waals surface area contributed by atoms with Crippen LogP contribution in [0.15, 0.2) is 18.2 Å². The van der Waals surface area contributed by atoms with Crippen LogP contribution in [0.5, 0.6) is 0 Å². The molecule has 0 aromatic heterocycles. The van der Waals surface area contributed by atoms with E-state index in [-0.39, 0.29) is 28.8 Å². The molecule has 0 radical (unpaired) electrons. The van der Waals surface area contributed by atoms with Crippen molar-refractivity contribution in [1.82, 2.24) is 15.5 Å². The third-order valence-electron chi connectivity index (χ3n) is 6.11. The van der Waals surface area contributed by atoms with Crippen molar-refractivity contribution >= 4 is 41.0 Å². The Bertz CT molecular complexity index is 995. The van der Waals surface area contributed by atoms with Gasteiger partial charge >= 0.3 is 5.97 Å². The summed E-state index contributed by atoms with van der Waals surface area (Å²) in [6.07, 6.45) is 0.255. The van der Waals surface area contributed by atoms with Crippen LogP contribution in [0.25, 0.3) is 0 Å². The molecule has 0 aliphatic carbocycles. The minimum absolute atomic E-state index is 0.00188. The smallest absolute Gasteiger partial charge is 0.310 e. The van der Waals surface area contributed by atoms with Crippen molar-refractivity contribution in [2.24, 2.45) is 5.41 Å². The van der Waals surface area contributed by atoms with Crippen LogP contribution < -0.4 is 16.4 Å². The number of hydrogen-bond donors (Lipinski definition) is 3. The Hall–Kier alpha value is -2.85. The number of carbonyl (C=O) groups excluding carboxylic acids is 4. The van der Waals surface area contributed by atoms with Gasteiger partial charge in [-0.05, 0) is 43.4 Å².